The van der Waals surface area contributed by atoms with E-state index in [-0.39, 0.29) is 0 Å². The van der Waals surface area contributed by atoms with Gasteiger partial charge in [-0.15, -0.1) is 11.3 Å². The van der Waals surface area contributed by atoms with Gasteiger partial charge in [0.2, 0.25) is 0 Å². The predicted molar refractivity (Wildman–Crippen MR) is 225 cm³/mol. The molecule has 0 radical (unpaired) electrons. The average molecular weight is 680 g/mol. The summed E-state index contributed by atoms with van der Waals surface area (Å²) >= 11 is 1.88. The van der Waals surface area contributed by atoms with Gasteiger partial charge in [-0.3, -0.25) is 0 Å². The first-order valence-corrected chi connectivity index (χ1v) is 18.6. The number of fused-ring (bicyclic) bond motifs is 5. The molecule has 0 unspecified atom stereocenters. The molecule has 0 amide bonds. The number of para-hydroxylation sites is 1. The SMILES string of the molecule is c1ccc(N(c2ccc(-c3ccc4ccccc4c3)cc2)c2ccc(-c3cccc4c3sc3ccccc34)cc2)c(-c2cccc3ccccc23)c1. The third kappa shape index (κ3) is 5.24. The molecule has 52 heavy (non-hydrogen) atoms. The lowest BCUT2D eigenvalue weighted by molar-refractivity contribution is 1.28. The standard InChI is InChI=1S/C50H33NS/c1-2-13-38-33-39(24-23-34(38)11-1)35-25-29-40(30-26-35)51(48-21-7-5-16-45(48)44-19-9-14-36-12-3-4-15-42(36)44)41-31-27-37(28-32-41)43-18-10-20-47-46-17-6-8-22-49(46)52-50(43)47/h1-33H. The topological polar surface area (TPSA) is 3.24 Å². The third-order valence-corrected chi connectivity index (χ3v) is 11.5. The van der Waals surface area contributed by atoms with Crippen LogP contribution >= 0.6 is 11.3 Å². The molecule has 0 aliphatic heterocycles. The van der Waals surface area contributed by atoms with E-state index in [9.17, 15) is 0 Å². The zero-order chi connectivity index (χ0) is 34.4. The van der Waals surface area contributed by atoms with Crippen LogP contribution in [-0.2, 0) is 0 Å². The molecule has 10 rings (SSSR count). The van der Waals surface area contributed by atoms with Gasteiger partial charge in [0, 0.05) is 37.1 Å². The summed E-state index contributed by atoms with van der Waals surface area (Å²) in [6.07, 6.45) is 0. The molecule has 0 fully saturated rings. The highest BCUT2D eigenvalue weighted by Gasteiger charge is 2.19. The van der Waals surface area contributed by atoms with Crippen molar-refractivity contribution in [3.05, 3.63) is 200 Å². The maximum absolute atomic E-state index is 2.41. The number of rotatable bonds is 6. The minimum atomic E-state index is 1.11. The van der Waals surface area contributed by atoms with Gasteiger partial charge in [0.25, 0.3) is 0 Å². The summed E-state index contributed by atoms with van der Waals surface area (Å²) in [5.41, 5.74) is 10.7. The predicted octanol–water partition coefficient (Wildman–Crippen LogP) is 14.8. The van der Waals surface area contributed by atoms with Crippen molar-refractivity contribution in [3.8, 4) is 33.4 Å². The molecule has 0 saturated heterocycles. The van der Waals surface area contributed by atoms with Gasteiger partial charge in [-0.25, -0.2) is 0 Å². The van der Waals surface area contributed by atoms with Gasteiger partial charge in [0.05, 0.1) is 5.69 Å². The molecule has 9 aromatic carbocycles. The number of hydrogen-bond acceptors (Lipinski definition) is 2. The Hall–Kier alpha value is -6.48. The Bertz CT molecular complexity index is 2890. The van der Waals surface area contributed by atoms with Crippen molar-refractivity contribution in [2.24, 2.45) is 0 Å². The zero-order valence-corrected chi connectivity index (χ0v) is 29.2. The van der Waals surface area contributed by atoms with Crippen LogP contribution in [0.15, 0.2) is 200 Å². The fraction of sp³-hybridized carbons (Fsp3) is 0. The first-order valence-electron chi connectivity index (χ1n) is 17.8. The monoisotopic (exact) mass is 679 g/mol. The van der Waals surface area contributed by atoms with Crippen molar-refractivity contribution in [1.82, 2.24) is 0 Å². The summed E-state index contributed by atoms with van der Waals surface area (Å²) in [7, 11) is 0. The molecule has 0 aliphatic carbocycles. The Morgan fingerprint density at radius 3 is 1.71 bits per heavy atom. The molecule has 244 valence electrons. The molecule has 0 saturated carbocycles. The number of hydrogen-bond donors (Lipinski definition) is 0. The lowest BCUT2D eigenvalue weighted by Gasteiger charge is -2.28. The van der Waals surface area contributed by atoms with Crippen LogP contribution in [0.5, 0.6) is 0 Å². The highest BCUT2D eigenvalue weighted by molar-refractivity contribution is 7.26. The fourth-order valence-electron chi connectivity index (χ4n) is 7.72. The van der Waals surface area contributed by atoms with E-state index in [1.54, 1.807) is 0 Å². The second-order valence-corrected chi connectivity index (χ2v) is 14.4. The van der Waals surface area contributed by atoms with E-state index in [4.69, 9.17) is 0 Å². The number of thiophene rings is 1. The van der Waals surface area contributed by atoms with E-state index in [2.05, 4.69) is 205 Å². The summed E-state index contributed by atoms with van der Waals surface area (Å²) < 4.78 is 2.66. The van der Waals surface area contributed by atoms with E-state index in [1.165, 1.54) is 75.1 Å². The minimum absolute atomic E-state index is 1.11. The maximum Gasteiger partial charge on any atom is 0.0540 e. The second kappa shape index (κ2) is 12.7. The lowest BCUT2D eigenvalue weighted by Crippen LogP contribution is -2.11. The molecule has 1 heterocycles. The largest absolute Gasteiger partial charge is 0.310 e. The molecular formula is C50H33NS. The van der Waals surface area contributed by atoms with Gasteiger partial charge < -0.3 is 4.90 Å². The van der Waals surface area contributed by atoms with Crippen LogP contribution in [-0.4, -0.2) is 0 Å². The molecule has 1 aromatic heterocycles. The smallest absolute Gasteiger partial charge is 0.0540 e. The van der Waals surface area contributed by atoms with E-state index >= 15 is 0 Å². The number of nitrogens with zero attached hydrogens (tertiary/aromatic N) is 1. The number of anilines is 3. The fourth-order valence-corrected chi connectivity index (χ4v) is 8.96. The summed E-state index contributed by atoms with van der Waals surface area (Å²) in [6.45, 7) is 0. The highest BCUT2D eigenvalue weighted by atomic mass is 32.1. The van der Waals surface area contributed by atoms with Crippen molar-refractivity contribution >= 4 is 70.1 Å². The average Bonchev–Trinajstić information content (AvgIpc) is 3.60. The summed E-state index contributed by atoms with van der Waals surface area (Å²) in [6, 6.07) is 72.9. The molecular weight excluding hydrogens is 647 g/mol. The number of benzene rings is 9. The van der Waals surface area contributed by atoms with Crippen LogP contribution in [0.2, 0.25) is 0 Å². The Morgan fingerprint density at radius 2 is 0.885 bits per heavy atom. The third-order valence-electron chi connectivity index (χ3n) is 10.3. The quantitative estimate of drug-likeness (QED) is 0.169. The van der Waals surface area contributed by atoms with Crippen LogP contribution in [0, 0.1) is 0 Å². The van der Waals surface area contributed by atoms with Crippen LogP contribution in [0.3, 0.4) is 0 Å². The van der Waals surface area contributed by atoms with Crippen molar-refractivity contribution in [2.45, 2.75) is 0 Å². The van der Waals surface area contributed by atoms with Gasteiger partial charge in [0.15, 0.2) is 0 Å². The zero-order valence-electron chi connectivity index (χ0n) is 28.4. The van der Waals surface area contributed by atoms with Gasteiger partial charge in [0.1, 0.15) is 0 Å². The molecule has 2 heteroatoms. The van der Waals surface area contributed by atoms with E-state index in [1.807, 2.05) is 11.3 Å². The van der Waals surface area contributed by atoms with Crippen LogP contribution in [0.25, 0.3) is 75.1 Å². The van der Waals surface area contributed by atoms with Crippen LogP contribution in [0.1, 0.15) is 0 Å². The molecule has 0 atom stereocenters. The first-order chi connectivity index (χ1) is 25.8. The van der Waals surface area contributed by atoms with Crippen molar-refractivity contribution in [2.75, 3.05) is 4.90 Å². The normalized spacial score (nSPS) is 11.5. The summed E-state index contributed by atoms with van der Waals surface area (Å²) in [4.78, 5) is 2.41. The summed E-state index contributed by atoms with van der Waals surface area (Å²) in [5, 5.41) is 7.63. The van der Waals surface area contributed by atoms with E-state index in [0.717, 1.165) is 17.1 Å². The van der Waals surface area contributed by atoms with Crippen molar-refractivity contribution in [3.63, 3.8) is 0 Å². The molecule has 0 aliphatic rings. The first kappa shape index (κ1) is 30.4. The molecule has 1 nitrogen and oxygen atoms in total. The Balaban J connectivity index is 1.11. The molecule has 0 N–H and O–H groups in total. The maximum atomic E-state index is 2.41. The van der Waals surface area contributed by atoms with Gasteiger partial charge in [-0.1, -0.05) is 158 Å². The summed E-state index contributed by atoms with van der Waals surface area (Å²) in [5.74, 6) is 0. The second-order valence-electron chi connectivity index (χ2n) is 13.3. The Kier molecular flexibility index (Phi) is 7.41. The Labute approximate surface area is 307 Å². The van der Waals surface area contributed by atoms with Crippen LogP contribution in [0.4, 0.5) is 17.1 Å². The molecule has 0 bridgehead atoms. The highest BCUT2D eigenvalue weighted by Crippen LogP contribution is 2.45. The van der Waals surface area contributed by atoms with E-state index in [0.29, 0.717) is 0 Å². The van der Waals surface area contributed by atoms with Crippen molar-refractivity contribution in [1.29, 1.82) is 0 Å². The minimum Gasteiger partial charge on any atom is -0.310 e. The van der Waals surface area contributed by atoms with E-state index < -0.39 is 0 Å². The Morgan fingerprint density at radius 1 is 0.327 bits per heavy atom. The van der Waals surface area contributed by atoms with Gasteiger partial charge in [-0.2, -0.15) is 0 Å². The molecule has 0 spiro atoms. The van der Waals surface area contributed by atoms with Crippen LogP contribution < -0.4 is 4.90 Å². The van der Waals surface area contributed by atoms with Gasteiger partial charge >= 0.3 is 0 Å². The lowest BCUT2D eigenvalue weighted by atomic mass is 9.95. The van der Waals surface area contributed by atoms with Gasteiger partial charge in [-0.05, 0) is 91.8 Å². The van der Waals surface area contributed by atoms with Crippen molar-refractivity contribution < 1.29 is 0 Å². The molecule has 10 aromatic rings.